The lowest BCUT2D eigenvalue weighted by Crippen LogP contribution is -2.40. The zero-order valence-electron chi connectivity index (χ0n) is 14.2. The van der Waals surface area contributed by atoms with E-state index >= 15 is 0 Å². The van der Waals surface area contributed by atoms with E-state index in [1.165, 1.54) is 4.88 Å². The first-order chi connectivity index (χ1) is 11.7. The van der Waals surface area contributed by atoms with Crippen LogP contribution in [0.3, 0.4) is 0 Å². The second-order valence-corrected chi connectivity index (χ2v) is 6.87. The Morgan fingerprint density at radius 3 is 3.04 bits per heavy atom. The molecule has 130 valence electrons. The minimum atomic E-state index is 0.274. The van der Waals surface area contributed by atoms with Crippen LogP contribution in [0.5, 0.6) is 0 Å². The van der Waals surface area contributed by atoms with Crippen molar-refractivity contribution in [1.82, 2.24) is 25.4 Å². The molecule has 3 heterocycles. The smallest absolute Gasteiger partial charge is 0.192 e. The molecule has 0 saturated carbocycles. The summed E-state index contributed by atoms with van der Waals surface area (Å²) < 4.78 is 7.63. The molecule has 2 aromatic heterocycles. The van der Waals surface area contributed by atoms with Crippen LogP contribution in [0.4, 0.5) is 0 Å². The van der Waals surface area contributed by atoms with Crippen molar-refractivity contribution < 1.29 is 4.74 Å². The highest BCUT2D eigenvalue weighted by molar-refractivity contribution is 7.09. The van der Waals surface area contributed by atoms with E-state index in [0.717, 1.165) is 50.1 Å². The molecule has 1 aliphatic heterocycles. The number of ether oxygens (including phenoxy) is 1. The standard InChI is InChI=1S/C16H24N6OS/c1-12-20-21-15(22(12)2)11-19-16(17-9-13-5-3-7-23-13)18-10-14-6-4-8-24-14/h4,6,8,13H,3,5,7,9-11H2,1-2H3,(H2,17,18,19). The van der Waals surface area contributed by atoms with Crippen LogP contribution >= 0.6 is 11.3 Å². The van der Waals surface area contributed by atoms with Gasteiger partial charge in [-0.15, -0.1) is 21.5 Å². The average molecular weight is 348 g/mol. The van der Waals surface area contributed by atoms with Crippen LogP contribution < -0.4 is 10.6 Å². The van der Waals surface area contributed by atoms with Crippen molar-refractivity contribution >= 4 is 17.3 Å². The molecule has 8 heteroatoms. The number of aryl methyl sites for hydroxylation is 1. The molecule has 0 aliphatic carbocycles. The number of nitrogens with zero attached hydrogens (tertiary/aromatic N) is 4. The molecule has 0 radical (unpaired) electrons. The van der Waals surface area contributed by atoms with Crippen molar-refractivity contribution in [2.24, 2.45) is 12.0 Å². The molecule has 1 fully saturated rings. The van der Waals surface area contributed by atoms with Crippen LogP contribution in [0, 0.1) is 6.92 Å². The lowest BCUT2D eigenvalue weighted by atomic mass is 10.2. The van der Waals surface area contributed by atoms with E-state index in [4.69, 9.17) is 4.74 Å². The van der Waals surface area contributed by atoms with Gasteiger partial charge in [-0.25, -0.2) is 4.99 Å². The first-order valence-corrected chi connectivity index (χ1v) is 9.11. The third-order valence-corrected chi connectivity index (χ3v) is 4.97. The van der Waals surface area contributed by atoms with Gasteiger partial charge in [0.2, 0.25) is 0 Å². The minimum absolute atomic E-state index is 0.274. The molecular formula is C16H24N6OS. The molecule has 0 bridgehead atoms. The predicted molar refractivity (Wildman–Crippen MR) is 95.0 cm³/mol. The maximum atomic E-state index is 5.67. The van der Waals surface area contributed by atoms with E-state index in [1.54, 1.807) is 11.3 Å². The summed E-state index contributed by atoms with van der Waals surface area (Å²) in [6.45, 7) is 4.81. The van der Waals surface area contributed by atoms with Crippen LogP contribution in [-0.2, 0) is 24.9 Å². The number of nitrogens with one attached hydrogen (secondary N) is 2. The third kappa shape index (κ3) is 4.55. The molecular weight excluding hydrogens is 324 g/mol. The molecule has 0 amide bonds. The quantitative estimate of drug-likeness (QED) is 0.612. The first-order valence-electron chi connectivity index (χ1n) is 8.23. The zero-order valence-corrected chi connectivity index (χ0v) is 15.0. The Labute approximate surface area is 146 Å². The summed E-state index contributed by atoms with van der Waals surface area (Å²) in [5.74, 6) is 2.52. The van der Waals surface area contributed by atoms with Gasteiger partial charge in [0.1, 0.15) is 12.4 Å². The second-order valence-electron chi connectivity index (χ2n) is 5.84. The van der Waals surface area contributed by atoms with Gasteiger partial charge in [-0.05, 0) is 31.2 Å². The third-order valence-electron chi connectivity index (χ3n) is 4.09. The fraction of sp³-hybridized carbons (Fsp3) is 0.562. The summed E-state index contributed by atoms with van der Waals surface area (Å²) in [4.78, 5) is 5.92. The highest BCUT2D eigenvalue weighted by Crippen LogP contribution is 2.11. The van der Waals surface area contributed by atoms with Gasteiger partial charge < -0.3 is 19.9 Å². The molecule has 1 unspecified atom stereocenters. The molecule has 24 heavy (non-hydrogen) atoms. The van der Waals surface area contributed by atoms with E-state index in [9.17, 15) is 0 Å². The molecule has 7 nitrogen and oxygen atoms in total. The normalized spacial score (nSPS) is 18.1. The SMILES string of the molecule is Cc1nnc(CN=C(NCc2cccs2)NCC2CCCO2)n1C. The summed E-state index contributed by atoms with van der Waals surface area (Å²) in [5, 5.41) is 17.1. The summed E-state index contributed by atoms with van der Waals surface area (Å²) in [5.41, 5.74) is 0. The van der Waals surface area contributed by atoms with Crippen LogP contribution in [0.15, 0.2) is 22.5 Å². The molecule has 1 aliphatic rings. The number of aliphatic imine (C=N–C) groups is 1. The van der Waals surface area contributed by atoms with Crippen molar-refractivity contribution in [2.45, 2.75) is 39.0 Å². The Bertz CT molecular complexity index is 660. The molecule has 1 atom stereocenters. The van der Waals surface area contributed by atoms with Gasteiger partial charge in [0.05, 0.1) is 12.6 Å². The number of guanidine groups is 1. The fourth-order valence-electron chi connectivity index (χ4n) is 2.51. The molecule has 2 N–H and O–H groups in total. The molecule has 3 rings (SSSR count). The summed E-state index contributed by atoms with van der Waals surface area (Å²) >= 11 is 1.73. The Morgan fingerprint density at radius 2 is 2.38 bits per heavy atom. The first kappa shape index (κ1) is 16.9. The number of aromatic nitrogens is 3. The van der Waals surface area contributed by atoms with E-state index in [0.29, 0.717) is 6.54 Å². The Hall–Kier alpha value is -1.93. The van der Waals surface area contributed by atoms with Crippen molar-refractivity contribution in [3.8, 4) is 0 Å². The number of rotatable bonds is 6. The lowest BCUT2D eigenvalue weighted by molar-refractivity contribution is 0.114. The van der Waals surface area contributed by atoms with E-state index in [-0.39, 0.29) is 6.10 Å². The largest absolute Gasteiger partial charge is 0.376 e. The van der Waals surface area contributed by atoms with Gasteiger partial charge >= 0.3 is 0 Å². The summed E-state index contributed by atoms with van der Waals surface area (Å²) in [7, 11) is 1.96. The summed E-state index contributed by atoms with van der Waals surface area (Å²) in [6.07, 6.45) is 2.52. The fourth-order valence-corrected chi connectivity index (χ4v) is 3.16. The maximum Gasteiger partial charge on any atom is 0.192 e. The Kier molecular flexibility index (Phi) is 5.81. The Balaban J connectivity index is 1.60. The van der Waals surface area contributed by atoms with Crippen LogP contribution in [0.25, 0.3) is 0 Å². The maximum absolute atomic E-state index is 5.67. The van der Waals surface area contributed by atoms with Crippen molar-refractivity contribution in [3.05, 3.63) is 34.0 Å². The monoisotopic (exact) mass is 348 g/mol. The second kappa shape index (κ2) is 8.25. The number of thiophene rings is 1. The zero-order chi connectivity index (χ0) is 16.8. The molecule has 1 saturated heterocycles. The molecule has 0 aromatic carbocycles. The van der Waals surface area contributed by atoms with E-state index in [2.05, 4.69) is 43.3 Å². The van der Waals surface area contributed by atoms with Gasteiger partial charge in [-0.3, -0.25) is 0 Å². The highest BCUT2D eigenvalue weighted by Gasteiger charge is 2.15. The van der Waals surface area contributed by atoms with Crippen LogP contribution in [0.2, 0.25) is 0 Å². The summed E-state index contributed by atoms with van der Waals surface area (Å²) in [6, 6.07) is 4.17. The average Bonchev–Trinajstić information content (AvgIpc) is 3.33. The van der Waals surface area contributed by atoms with Crippen LogP contribution in [-0.4, -0.2) is 40.0 Å². The van der Waals surface area contributed by atoms with Crippen molar-refractivity contribution in [2.75, 3.05) is 13.2 Å². The van der Waals surface area contributed by atoms with Gasteiger partial charge in [0.25, 0.3) is 0 Å². The number of hydrogen-bond acceptors (Lipinski definition) is 5. The van der Waals surface area contributed by atoms with Crippen molar-refractivity contribution in [3.63, 3.8) is 0 Å². The topological polar surface area (TPSA) is 76.4 Å². The molecule has 0 spiro atoms. The highest BCUT2D eigenvalue weighted by atomic mass is 32.1. The molecule has 2 aromatic rings. The van der Waals surface area contributed by atoms with Gasteiger partial charge in [0, 0.05) is 25.1 Å². The number of hydrogen-bond donors (Lipinski definition) is 2. The van der Waals surface area contributed by atoms with Gasteiger partial charge in [-0.1, -0.05) is 6.07 Å². The van der Waals surface area contributed by atoms with Gasteiger partial charge in [0.15, 0.2) is 11.8 Å². The van der Waals surface area contributed by atoms with Crippen molar-refractivity contribution in [1.29, 1.82) is 0 Å². The Morgan fingerprint density at radius 1 is 1.46 bits per heavy atom. The van der Waals surface area contributed by atoms with Gasteiger partial charge in [-0.2, -0.15) is 0 Å². The van der Waals surface area contributed by atoms with Crippen LogP contribution in [0.1, 0.15) is 29.4 Å². The van der Waals surface area contributed by atoms with E-state index in [1.807, 2.05) is 18.5 Å². The predicted octanol–water partition coefficient (Wildman–Crippen LogP) is 1.60. The minimum Gasteiger partial charge on any atom is -0.376 e. The lowest BCUT2D eigenvalue weighted by Gasteiger charge is -2.15. The van der Waals surface area contributed by atoms with E-state index < -0.39 is 0 Å².